The molecule has 1 aromatic rings. The summed E-state index contributed by atoms with van der Waals surface area (Å²) in [4.78, 5) is 24.0. The van der Waals surface area contributed by atoms with E-state index in [-0.39, 0.29) is 23.0 Å². The summed E-state index contributed by atoms with van der Waals surface area (Å²) in [6, 6.07) is 3.46. The van der Waals surface area contributed by atoms with Gasteiger partial charge in [0.2, 0.25) is 11.8 Å². The number of hydrogen-bond acceptors (Lipinski definition) is 5. The van der Waals surface area contributed by atoms with Gasteiger partial charge in [-0.25, -0.2) is 8.42 Å². The first-order chi connectivity index (χ1) is 12.1. The minimum Gasteiger partial charge on any atom is -0.352 e. The predicted octanol–water partition coefficient (Wildman–Crippen LogP) is 0.602. The standard InChI is InChI=1S/C17H24N2O5S2/c1-11-6-12(2)17(13(3)7-11)19-16(21)9-25(22)8-15(20)18-14-4-5-26(23,24)10-14/h6-7,14H,4-5,8-10H2,1-3H3,(H,18,20)(H,19,21)/t14-,25+/m1/s1. The van der Waals surface area contributed by atoms with Crippen molar-refractivity contribution in [3.63, 3.8) is 0 Å². The van der Waals surface area contributed by atoms with Gasteiger partial charge in [0.05, 0.1) is 11.5 Å². The summed E-state index contributed by atoms with van der Waals surface area (Å²) >= 11 is 0. The molecule has 2 N–H and O–H groups in total. The summed E-state index contributed by atoms with van der Waals surface area (Å²) in [5.74, 6) is -1.56. The molecule has 0 saturated carbocycles. The Balaban J connectivity index is 1.84. The number of nitrogens with one attached hydrogen (secondary N) is 2. The zero-order valence-electron chi connectivity index (χ0n) is 15.1. The number of hydrogen-bond donors (Lipinski definition) is 2. The van der Waals surface area contributed by atoms with Crippen LogP contribution in [0.15, 0.2) is 12.1 Å². The van der Waals surface area contributed by atoms with Crippen LogP contribution in [0.2, 0.25) is 0 Å². The van der Waals surface area contributed by atoms with E-state index < -0.39 is 38.5 Å². The van der Waals surface area contributed by atoms with Crippen LogP contribution in [0.4, 0.5) is 5.69 Å². The Morgan fingerprint density at radius 2 is 1.69 bits per heavy atom. The fourth-order valence-corrected chi connectivity index (χ4v) is 5.59. The minimum atomic E-state index is -3.09. The molecule has 2 rings (SSSR count). The van der Waals surface area contributed by atoms with Crippen LogP contribution in [-0.2, 0) is 30.2 Å². The van der Waals surface area contributed by atoms with Crippen LogP contribution in [-0.4, -0.2) is 53.5 Å². The molecule has 26 heavy (non-hydrogen) atoms. The topological polar surface area (TPSA) is 109 Å². The Kier molecular flexibility index (Phi) is 6.57. The van der Waals surface area contributed by atoms with Crippen LogP contribution >= 0.6 is 0 Å². The molecule has 2 atom stereocenters. The van der Waals surface area contributed by atoms with E-state index in [1.54, 1.807) is 0 Å². The zero-order valence-corrected chi connectivity index (χ0v) is 16.8. The highest BCUT2D eigenvalue weighted by Gasteiger charge is 2.29. The highest BCUT2D eigenvalue weighted by molar-refractivity contribution is 7.91. The SMILES string of the molecule is Cc1cc(C)c(NC(=O)C[S@@](=O)CC(=O)N[C@@H]2CCS(=O)(=O)C2)c(C)c1. The number of amides is 2. The molecule has 0 aromatic heterocycles. The van der Waals surface area contributed by atoms with Crippen LogP contribution in [0.25, 0.3) is 0 Å². The van der Waals surface area contributed by atoms with Crippen LogP contribution < -0.4 is 10.6 Å². The molecule has 9 heteroatoms. The van der Waals surface area contributed by atoms with Gasteiger partial charge in [-0.15, -0.1) is 0 Å². The van der Waals surface area contributed by atoms with E-state index in [4.69, 9.17) is 0 Å². The number of carbonyl (C=O) groups is 2. The molecule has 7 nitrogen and oxygen atoms in total. The average Bonchev–Trinajstić information content (AvgIpc) is 2.81. The van der Waals surface area contributed by atoms with Gasteiger partial charge in [0.15, 0.2) is 9.84 Å². The Hall–Kier alpha value is -1.74. The largest absolute Gasteiger partial charge is 0.352 e. The molecule has 1 heterocycles. The van der Waals surface area contributed by atoms with Crippen LogP contribution in [0, 0.1) is 20.8 Å². The van der Waals surface area contributed by atoms with Crippen molar-refractivity contribution in [1.82, 2.24) is 5.32 Å². The van der Waals surface area contributed by atoms with Gasteiger partial charge in [0, 0.05) is 22.5 Å². The van der Waals surface area contributed by atoms with Crippen molar-refractivity contribution in [3.05, 3.63) is 28.8 Å². The Bertz CT molecular complexity index is 826. The highest BCUT2D eigenvalue weighted by Crippen LogP contribution is 2.21. The quantitative estimate of drug-likeness (QED) is 0.727. The van der Waals surface area contributed by atoms with Crippen molar-refractivity contribution >= 4 is 38.1 Å². The van der Waals surface area contributed by atoms with Crippen molar-refractivity contribution in [2.24, 2.45) is 0 Å². The first-order valence-electron chi connectivity index (χ1n) is 8.28. The first kappa shape index (κ1) is 20.6. The molecular weight excluding hydrogens is 376 g/mol. The fourth-order valence-electron chi connectivity index (χ4n) is 3.07. The summed E-state index contributed by atoms with van der Waals surface area (Å²) in [7, 11) is -4.75. The lowest BCUT2D eigenvalue weighted by Crippen LogP contribution is -2.39. The van der Waals surface area contributed by atoms with Gasteiger partial charge in [0.25, 0.3) is 0 Å². The summed E-state index contributed by atoms with van der Waals surface area (Å²) in [6.07, 6.45) is 0.368. The summed E-state index contributed by atoms with van der Waals surface area (Å²) in [6.45, 7) is 5.74. The van der Waals surface area contributed by atoms with Gasteiger partial charge in [0.1, 0.15) is 11.5 Å². The molecule has 0 bridgehead atoms. The number of benzene rings is 1. The lowest BCUT2D eigenvalue weighted by atomic mass is 10.1. The third-order valence-electron chi connectivity index (χ3n) is 4.12. The normalized spacial score (nSPS) is 19.7. The molecule has 1 fully saturated rings. The van der Waals surface area contributed by atoms with Crippen LogP contribution in [0.1, 0.15) is 23.1 Å². The lowest BCUT2D eigenvalue weighted by molar-refractivity contribution is -0.119. The molecule has 1 aliphatic rings. The molecule has 0 radical (unpaired) electrons. The van der Waals surface area contributed by atoms with E-state index >= 15 is 0 Å². The van der Waals surface area contributed by atoms with Gasteiger partial charge in [-0.2, -0.15) is 0 Å². The monoisotopic (exact) mass is 400 g/mol. The maximum absolute atomic E-state index is 12.1. The van der Waals surface area contributed by atoms with Crippen molar-refractivity contribution in [1.29, 1.82) is 0 Å². The van der Waals surface area contributed by atoms with Gasteiger partial charge in [-0.1, -0.05) is 17.7 Å². The van der Waals surface area contributed by atoms with Gasteiger partial charge >= 0.3 is 0 Å². The average molecular weight is 401 g/mol. The molecule has 1 aliphatic heterocycles. The second-order valence-electron chi connectivity index (χ2n) is 6.72. The van der Waals surface area contributed by atoms with E-state index in [1.807, 2.05) is 32.9 Å². The molecule has 1 saturated heterocycles. The van der Waals surface area contributed by atoms with Crippen molar-refractivity contribution < 1.29 is 22.2 Å². The number of rotatable bonds is 6. The third kappa shape index (κ3) is 5.91. The van der Waals surface area contributed by atoms with Crippen LogP contribution in [0.3, 0.4) is 0 Å². The Morgan fingerprint density at radius 3 is 2.23 bits per heavy atom. The highest BCUT2D eigenvalue weighted by atomic mass is 32.2. The third-order valence-corrected chi connectivity index (χ3v) is 7.06. The van der Waals surface area contributed by atoms with E-state index in [1.165, 1.54) is 0 Å². The number of sulfone groups is 1. The lowest BCUT2D eigenvalue weighted by Gasteiger charge is -2.13. The van der Waals surface area contributed by atoms with E-state index in [0.717, 1.165) is 16.7 Å². The molecule has 1 aromatic carbocycles. The second-order valence-corrected chi connectivity index (χ2v) is 10.4. The van der Waals surface area contributed by atoms with E-state index in [2.05, 4.69) is 10.6 Å². The Labute approximate surface area is 156 Å². The number of anilines is 1. The van der Waals surface area contributed by atoms with E-state index in [0.29, 0.717) is 12.1 Å². The van der Waals surface area contributed by atoms with Crippen molar-refractivity contribution in [3.8, 4) is 0 Å². The first-order valence-corrected chi connectivity index (χ1v) is 11.6. The fraction of sp³-hybridized carbons (Fsp3) is 0.529. The van der Waals surface area contributed by atoms with Crippen molar-refractivity contribution in [2.75, 3.05) is 28.3 Å². The van der Waals surface area contributed by atoms with Crippen molar-refractivity contribution in [2.45, 2.75) is 33.2 Å². The maximum atomic E-state index is 12.1. The van der Waals surface area contributed by atoms with Gasteiger partial charge < -0.3 is 10.6 Å². The van der Waals surface area contributed by atoms with Gasteiger partial charge in [-0.3, -0.25) is 13.8 Å². The molecule has 144 valence electrons. The Morgan fingerprint density at radius 1 is 1.12 bits per heavy atom. The summed E-state index contributed by atoms with van der Waals surface area (Å²) in [5, 5.41) is 5.32. The molecule has 0 spiro atoms. The zero-order chi connectivity index (χ0) is 19.5. The number of aryl methyl sites for hydroxylation is 3. The molecule has 2 amide bonds. The second kappa shape index (κ2) is 8.30. The molecule has 0 aliphatic carbocycles. The smallest absolute Gasteiger partial charge is 0.237 e. The summed E-state index contributed by atoms with van der Waals surface area (Å²) < 4.78 is 34.8. The maximum Gasteiger partial charge on any atom is 0.237 e. The minimum absolute atomic E-state index is 0.0543. The van der Waals surface area contributed by atoms with Gasteiger partial charge in [-0.05, 0) is 38.3 Å². The van der Waals surface area contributed by atoms with Crippen LogP contribution in [0.5, 0.6) is 0 Å². The molecular formula is C17H24N2O5S2. The summed E-state index contributed by atoms with van der Waals surface area (Å²) in [5.41, 5.74) is 3.62. The predicted molar refractivity (Wildman–Crippen MR) is 102 cm³/mol. The number of carbonyl (C=O) groups excluding carboxylic acids is 2. The van der Waals surface area contributed by atoms with E-state index in [9.17, 15) is 22.2 Å². The molecule has 0 unspecified atom stereocenters.